The number of nitrogens with one attached hydrogen (secondary N) is 1. The minimum absolute atomic E-state index is 0.00754. The molecule has 1 aliphatic heterocycles. The number of carbonyl (C=O) groups is 3. The van der Waals surface area contributed by atoms with Gasteiger partial charge in [0.2, 0.25) is 5.91 Å². The number of para-hydroxylation sites is 1. The maximum absolute atomic E-state index is 12.8. The number of esters is 1. The smallest absolute Gasteiger partial charge is 0.308 e. The summed E-state index contributed by atoms with van der Waals surface area (Å²) in [6, 6.07) is 13.6. The van der Waals surface area contributed by atoms with Crippen LogP contribution in [0.2, 0.25) is 0 Å². The molecule has 2 amide bonds. The molecule has 2 aromatic rings. The van der Waals surface area contributed by atoms with Crippen molar-refractivity contribution in [1.82, 2.24) is 5.32 Å². The van der Waals surface area contributed by atoms with E-state index >= 15 is 0 Å². The van der Waals surface area contributed by atoms with Crippen molar-refractivity contribution in [3.63, 3.8) is 0 Å². The van der Waals surface area contributed by atoms with Crippen LogP contribution in [0.25, 0.3) is 0 Å². The molecule has 1 heterocycles. The number of ether oxygens (including phenoxy) is 1. The summed E-state index contributed by atoms with van der Waals surface area (Å²) < 4.78 is 17.8. The Morgan fingerprint density at radius 2 is 1.90 bits per heavy atom. The van der Waals surface area contributed by atoms with Crippen LogP contribution in [0.5, 0.6) is 0 Å². The molecule has 152 valence electrons. The molecule has 0 spiro atoms. The van der Waals surface area contributed by atoms with E-state index in [0.717, 1.165) is 16.1 Å². The molecule has 0 aromatic heterocycles. The molecule has 0 radical (unpaired) electrons. The molecule has 0 aliphatic carbocycles. The first-order valence-corrected chi connectivity index (χ1v) is 10.2. The van der Waals surface area contributed by atoms with E-state index in [2.05, 4.69) is 5.32 Å². The zero-order valence-electron chi connectivity index (χ0n) is 15.7. The average molecular weight is 416 g/mol. The van der Waals surface area contributed by atoms with Gasteiger partial charge in [-0.3, -0.25) is 14.4 Å². The first-order chi connectivity index (χ1) is 14.0. The summed E-state index contributed by atoms with van der Waals surface area (Å²) in [5.74, 6) is -0.973. The lowest BCUT2D eigenvalue weighted by Crippen LogP contribution is -2.37. The maximum atomic E-state index is 12.8. The molecule has 29 heavy (non-hydrogen) atoms. The monoisotopic (exact) mass is 416 g/mol. The minimum atomic E-state index is -0.540. The van der Waals surface area contributed by atoms with Gasteiger partial charge in [0, 0.05) is 18.0 Å². The van der Waals surface area contributed by atoms with E-state index in [1.54, 1.807) is 17.0 Å². The van der Waals surface area contributed by atoms with Gasteiger partial charge in [-0.1, -0.05) is 24.3 Å². The van der Waals surface area contributed by atoms with Crippen molar-refractivity contribution in [3.8, 4) is 0 Å². The number of hydrogen-bond donors (Lipinski definition) is 1. The topological polar surface area (TPSA) is 75.7 Å². The second kappa shape index (κ2) is 10.1. The van der Waals surface area contributed by atoms with Gasteiger partial charge < -0.3 is 15.0 Å². The van der Waals surface area contributed by atoms with Crippen molar-refractivity contribution in [1.29, 1.82) is 0 Å². The summed E-state index contributed by atoms with van der Waals surface area (Å²) in [5.41, 5.74) is 1.69. The second-order valence-corrected chi connectivity index (χ2v) is 7.46. The molecule has 1 N–H and O–H groups in total. The van der Waals surface area contributed by atoms with Crippen molar-refractivity contribution < 1.29 is 23.5 Å². The third-order valence-electron chi connectivity index (χ3n) is 4.36. The summed E-state index contributed by atoms with van der Waals surface area (Å²) in [6.45, 7) is 0.197. The number of fused-ring (bicyclic) bond motifs is 1. The highest BCUT2D eigenvalue weighted by molar-refractivity contribution is 8.00. The molecule has 0 saturated carbocycles. The maximum Gasteiger partial charge on any atom is 0.308 e. The highest BCUT2D eigenvalue weighted by Gasteiger charge is 2.24. The summed E-state index contributed by atoms with van der Waals surface area (Å²) in [6.07, 6.45) is 0.558. The van der Waals surface area contributed by atoms with E-state index in [1.807, 2.05) is 24.3 Å². The zero-order chi connectivity index (χ0) is 20.6. The van der Waals surface area contributed by atoms with Crippen LogP contribution in [0.3, 0.4) is 0 Å². The molecule has 2 aromatic carbocycles. The van der Waals surface area contributed by atoms with E-state index in [9.17, 15) is 18.8 Å². The molecule has 1 aliphatic rings. The van der Waals surface area contributed by atoms with E-state index in [0.29, 0.717) is 18.7 Å². The molecule has 0 bridgehead atoms. The van der Waals surface area contributed by atoms with Crippen molar-refractivity contribution in [3.05, 3.63) is 59.9 Å². The Morgan fingerprint density at radius 3 is 2.69 bits per heavy atom. The van der Waals surface area contributed by atoms with Crippen molar-refractivity contribution >= 4 is 35.2 Å². The van der Waals surface area contributed by atoms with Crippen molar-refractivity contribution in [2.24, 2.45) is 0 Å². The number of benzene rings is 2. The first-order valence-electron chi connectivity index (χ1n) is 9.22. The van der Waals surface area contributed by atoms with Crippen LogP contribution in [-0.4, -0.2) is 43.2 Å². The van der Waals surface area contributed by atoms with Crippen LogP contribution >= 0.6 is 11.8 Å². The van der Waals surface area contributed by atoms with Crippen molar-refractivity contribution in [2.75, 3.05) is 30.3 Å². The van der Waals surface area contributed by atoms with E-state index < -0.39 is 11.9 Å². The van der Waals surface area contributed by atoms with Gasteiger partial charge >= 0.3 is 5.97 Å². The Balaban J connectivity index is 1.37. The first kappa shape index (κ1) is 20.9. The van der Waals surface area contributed by atoms with Gasteiger partial charge in [-0.15, -0.1) is 11.8 Å². The van der Waals surface area contributed by atoms with Crippen LogP contribution in [0.15, 0.2) is 53.4 Å². The Kier molecular flexibility index (Phi) is 7.24. The Bertz CT molecular complexity index is 889. The molecular weight excluding hydrogens is 395 g/mol. The number of rotatable bonds is 8. The highest BCUT2D eigenvalue weighted by Crippen LogP contribution is 2.34. The normalized spacial score (nSPS) is 13.0. The largest absolute Gasteiger partial charge is 0.456 e. The van der Waals surface area contributed by atoms with Gasteiger partial charge in [-0.25, -0.2) is 4.39 Å². The van der Waals surface area contributed by atoms with Crippen LogP contribution in [-0.2, 0) is 25.5 Å². The predicted octanol–water partition coefficient (Wildman–Crippen LogP) is 2.56. The van der Waals surface area contributed by atoms with Crippen molar-refractivity contribution in [2.45, 2.75) is 17.7 Å². The number of amides is 2. The fourth-order valence-corrected chi connectivity index (χ4v) is 3.80. The van der Waals surface area contributed by atoms with Crippen LogP contribution in [0, 0.1) is 5.82 Å². The Morgan fingerprint density at radius 1 is 1.14 bits per heavy atom. The fourth-order valence-electron chi connectivity index (χ4n) is 2.87. The number of thioether (sulfide) groups is 1. The van der Waals surface area contributed by atoms with Gasteiger partial charge in [0.1, 0.15) is 5.82 Å². The molecule has 6 nitrogen and oxygen atoms in total. The quantitative estimate of drug-likeness (QED) is 0.670. The Hall–Kier alpha value is -2.87. The molecule has 8 heteroatoms. The number of nitrogens with zero attached hydrogens (tertiary/aromatic N) is 1. The summed E-state index contributed by atoms with van der Waals surface area (Å²) in [5, 5.41) is 2.65. The van der Waals surface area contributed by atoms with E-state index in [1.165, 1.54) is 23.9 Å². The summed E-state index contributed by atoms with van der Waals surface area (Å²) in [4.78, 5) is 38.5. The third kappa shape index (κ3) is 6.05. The summed E-state index contributed by atoms with van der Waals surface area (Å²) in [7, 11) is 0. The van der Waals surface area contributed by atoms with E-state index in [4.69, 9.17) is 4.74 Å². The number of halogens is 1. The lowest BCUT2D eigenvalue weighted by atomic mass is 10.1. The number of carbonyl (C=O) groups excluding carboxylic acids is 3. The van der Waals surface area contributed by atoms with Crippen LogP contribution < -0.4 is 10.2 Å². The SMILES string of the molecule is O=C(COC(=O)CCN1C(=O)CSc2ccccc21)NCCc1ccc(F)cc1. The fraction of sp³-hybridized carbons (Fsp3) is 0.286. The molecule has 0 atom stereocenters. The van der Waals surface area contributed by atoms with E-state index in [-0.39, 0.29) is 31.3 Å². The molecular formula is C21H21FN2O4S. The lowest BCUT2D eigenvalue weighted by Gasteiger charge is -2.28. The van der Waals surface area contributed by atoms with Gasteiger partial charge in [-0.05, 0) is 36.2 Å². The molecule has 0 fully saturated rings. The van der Waals surface area contributed by atoms with Crippen LogP contribution in [0.4, 0.5) is 10.1 Å². The predicted molar refractivity (Wildman–Crippen MR) is 108 cm³/mol. The number of anilines is 1. The second-order valence-electron chi connectivity index (χ2n) is 6.44. The number of hydrogen-bond acceptors (Lipinski definition) is 5. The Labute approximate surface area is 172 Å². The van der Waals surface area contributed by atoms with Crippen LogP contribution in [0.1, 0.15) is 12.0 Å². The zero-order valence-corrected chi connectivity index (χ0v) is 16.5. The minimum Gasteiger partial charge on any atom is -0.456 e. The standard InChI is InChI=1S/C21H21FN2O4S/c22-16-7-5-15(6-8-16)9-11-23-19(25)13-28-21(27)10-12-24-17-3-1-2-4-18(17)29-14-20(24)26/h1-8H,9-14H2,(H,23,25). The average Bonchev–Trinajstić information content (AvgIpc) is 2.73. The summed E-state index contributed by atoms with van der Waals surface area (Å²) >= 11 is 1.48. The van der Waals surface area contributed by atoms with Gasteiger partial charge in [0.25, 0.3) is 5.91 Å². The van der Waals surface area contributed by atoms with Gasteiger partial charge in [0.05, 0.1) is 17.9 Å². The molecule has 3 rings (SSSR count). The lowest BCUT2D eigenvalue weighted by molar-refractivity contribution is -0.148. The molecule has 0 saturated heterocycles. The van der Waals surface area contributed by atoms with Gasteiger partial charge in [0.15, 0.2) is 6.61 Å². The highest BCUT2D eigenvalue weighted by atomic mass is 32.2. The third-order valence-corrected chi connectivity index (χ3v) is 5.41. The van der Waals surface area contributed by atoms with Gasteiger partial charge in [-0.2, -0.15) is 0 Å². The molecule has 0 unspecified atom stereocenters.